The third-order valence-electron chi connectivity index (χ3n) is 1.78. The van der Waals surface area contributed by atoms with Crippen molar-refractivity contribution in [2.75, 3.05) is 0 Å². The molecule has 0 saturated carbocycles. The molecule has 1 aromatic rings. The van der Waals surface area contributed by atoms with Gasteiger partial charge in [0.1, 0.15) is 0 Å². The third kappa shape index (κ3) is 2.25. The van der Waals surface area contributed by atoms with E-state index in [1.807, 2.05) is 0 Å². The molecular formula is C9H8F3NO. The minimum atomic E-state index is -4.33. The first-order chi connectivity index (χ1) is 6.45. The lowest BCUT2D eigenvalue weighted by molar-refractivity contribution is -0.137. The Hall–Kier alpha value is -1.52. The van der Waals surface area contributed by atoms with Crippen LogP contribution < -0.4 is 0 Å². The fourth-order valence-electron chi connectivity index (χ4n) is 0.958. The van der Waals surface area contributed by atoms with Crippen molar-refractivity contribution >= 4 is 5.71 Å². The summed E-state index contributed by atoms with van der Waals surface area (Å²) < 4.78 is 36.4. The highest BCUT2D eigenvalue weighted by molar-refractivity contribution is 5.98. The Morgan fingerprint density at radius 2 is 1.71 bits per heavy atom. The number of alkyl halides is 3. The van der Waals surface area contributed by atoms with Crippen LogP contribution in [0.5, 0.6) is 0 Å². The first-order valence-corrected chi connectivity index (χ1v) is 3.81. The van der Waals surface area contributed by atoms with E-state index in [1.54, 1.807) is 0 Å². The van der Waals surface area contributed by atoms with Gasteiger partial charge in [0.2, 0.25) is 0 Å². The molecular weight excluding hydrogens is 195 g/mol. The standard InChI is InChI=1S/C9H8F3NO/c1-6(13-14)7-2-4-8(5-3-7)9(10,11)12/h2-5,14H,1H3/b13-6+. The zero-order chi connectivity index (χ0) is 10.8. The van der Waals surface area contributed by atoms with Gasteiger partial charge in [-0.1, -0.05) is 17.3 Å². The third-order valence-corrected chi connectivity index (χ3v) is 1.78. The van der Waals surface area contributed by atoms with Gasteiger partial charge in [-0.2, -0.15) is 13.2 Å². The maximum absolute atomic E-state index is 12.1. The monoisotopic (exact) mass is 203 g/mol. The van der Waals surface area contributed by atoms with Crippen molar-refractivity contribution in [3.8, 4) is 0 Å². The highest BCUT2D eigenvalue weighted by atomic mass is 19.4. The molecule has 1 aromatic carbocycles. The molecule has 0 bridgehead atoms. The zero-order valence-electron chi connectivity index (χ0n) is 7.34. The largest absolute Gasteiger partial charge is 0.416 e. The zero-order valence-corrected chi connectivity index (χ0v) is 7.34. The summed E-state index contributed by atoms with van der Waals surface area (Å²) in [4.78, 5) is 0. The minimum absolute atomic E-state index is 0.277. The molecule has 0 atom stereocenters. The summed E-state index contributed by atoms with van der Waals surface area (Å²) in [5, 5.41) is 11.3. The van der Waals surface area contributed by atoms with Crippen molar-refractivity contribution in [1.29, 1.82) is 0 Å². The van der Waals surface area contributed by atoms with Crippen molar-refractivity contribution in [3.63, 3.8) is 0 Å². The summed E-state index contributed by atoms with van der Waals surface area (Å²) in [5.74, 6) is 0. The van der Waals surface area contributed by atoms with Crippen LogP contribution in [-0.4, -0.2) is 10.9 Å². The number of hydrogen-bond acceptors (Lipinski definition) is 2. The summed E-state index contributed by atoms with van der Waals surface area (Å²) in [6.07, 6.45) is -4.33. The van der Waals surface area contributed by atoms with E-state index in [4.69, 9.17) is 5.21 Å². The molecule has 0 radical (unpaired) electrons. The van der Waals surface area contributed by atoms with Crippen LogP contribution in [0.15, 0.2) is 29.4 Å². The lowest BCUT2D eigenvalue weighted by Crippen LogP contribution is -2.05. The van der Waals surface area contributed by atoms with Gasteiger partial charge in [0.25, 0.3) is 0 Å². The van der Waals surface area contributed by atoms with Gasteiger partial charge in [-0.3, -0.25) is 0 Å². The summed E-state index contributed by atoms with van der Waals surface area (Å²) in [5.41, 5.74) is 0.0196. The molecule has 0 aromatic heterocycles. The molecule has 14 heavy (non-hydrogen) atoms. The number of oxime groups is 1. The predicted octanol–water partition coefficient (Wildman–Crippen LogP) is 2.90. The summed E-state index contributed by atoms with van der Waals surface area (Å²) in [6, 6.07) is 4.42. The second-order valence-corrected chi connectivity index (χ2v) is 2.76. The molecule has 0 amide bonds. The Morgan fingerprint density at radius 1 is 1.21 bits per heavy atom. The van der Waals surface area contributed by atoms with Crippen LogP contribution >= 0.6 is 0 Å². The molecule has 76 valence electrons. The van der Waals surface area contributed by atoms with Crippen LogP contribution in [0.4, 0.5) is 13.2 Å². The van der Waals surface area contributed by atoms with Crippen molar-refractivity contribution in [1.82, 2.24) is 0 Å². The normalized spacial score (nSPS) is 13.0. The van der Waals surface area contributed by atoms with Crippen LogP contribution in [-0.2, 0) is 6.18 Å². The maximum atomic E-state index is 12.1. The second kappa shape index (κ2) is 3.69. The highest BCUT2D eigenvalue weighted by Gasteiger charge is 2.29. The Kier molecular flexibility index (Phi) is 2.78. The van der Waals surface area contributed by atoms with Crippen LogP contribution in [0.25, 0.3) is 0 Å². The molecule has 0 unspecified atom stereocenters. The molecule has 0 fully saturated rings. The van der Waals surface area contributed by atoms with E-state index in [2.05, 4.69) is 5.16 Å². The first-order valence-electron chi connectivity index (χ1n) is 3.81. The summed E-state index contributed by atoms with van der Waals surface area (Å²) >= 11 is 0. The van der Waals surface area contributed by atoms with Gasteiger partial charge in [0.05, 0.1) is 11.3 Å². The second-order valence-electron chi connectivity index (χ2n) is 2.76. The molecule has 0 aliphatic carbocycles. The lowest BCUT2D eigenvalue weighted by Gasteiger charge is -2.06. The van der Waals surface area contributed by atoms with E-state index in [9.17, 15) is 13.2 Å². The maximum Gasteiger partial charge on any atom is 0.416 e. The van der Waals surface area contributed by atoms with E-state index < -0.39 is 11.7 Å². The quantitative estimate of drug-likeness (QED) is 0.425. The van der Waals surface area contributed by atoms with E-state index in [0.717, 1.165) is 12.1 Å². The van der Waals surface area contributed by atoms with E-state index in [0.29, 0.717) is 5.56 Å². The Bertz CT molecular complexity index is 340. The molecule has 1 rings (SSSR count). The number of rotatable bonds is 1. The van der Waals surface area contributed by atoms with Crippen LogP contribution in [0.1, 0.15) is 18.1 Å². The van der Waals surface area contributed by atoms with Crippen molar-refractivity contribution in [2.45, 2.75) is 13.1 Å². The topological polar surface area (TPSA) is 32.6 Å². The van der Waals surface area contributed by atoms with Gasteiger partial charge in [-0.15, -0.1) is 0 Å². The van der Waals surface area contributed by atoms with E-state index in [1.165, 1.54) is 19.1 Å². The molecule has 1 N–H and O–H groups in total. The number of benzene rings is 1. The molecule has 0 saturated heterocycles. The first kappa shape index (κ1) is 10.6. The smallest absolute Gasteiger partial charge is 0.411 e. The van der Waals surface area contributed by atoms with Crippen LogP contribution in [0, 0.1) is 0 Å². The van der Waals surface area contributed by atoms with Crippen molar-refractivity contribution in [2.24, 2.45) is 5.16 Å². The Morgan fingerprint density at radius 3 is 2.07 bits per heavy atom. The molecule has 0 aliphatic rings. The van der Waals surface area contributed by atoms with Gasteiger partial charge >= 0.3 is 6.18 Å². The molecule has 0 heterocycles. The van der Waals surface area contributed by atoms with Crippen molar-refractivity contribution in [3.05, 3.63) is 35.4 Å². The average Bonchev–Trinajstić information content (AvgIpc) is 2.15. The van der Waals surface area contributed by atoms with Crippen LogP contribution in [0.2, 0.25) is 0 Å². The molecule has 0 aliphatic heterocycles. The van der Waals surface area contributed by atoms with Gasteiger partial charge in [0.15, 0.2) is 0 Å². The van der Waals surface area contributed by atoms with Crippen molar-refractivity contribution < 1.29 is 18.4 Å². The van der Waals surface area contributed by atoms with Gasteiger partial charge in [0, 0.05) is 0 Å². The van der Waals surface area contributed by atoms with Gasteiger partial charge in [-0.25, -0.2) is 0 Å². The van der Waals surface area contributed by atoms with Crippen LogP contribution in [0.3, 0.4) is 0 Å². The average molecular weight is 203 g/mol. The SMILES string of the molecule is C/C(=N\O)c1ccc(C(F)(F)F)cc1. The molecule has 2 nitrogen and oxygen atoms in total. The molecule has 5 heteroatoms. The molecule has 0 spiro atoms. The lowest BCUT2D eigenvalue weighted by atomic mass is 10.1. The number of halogens is 3. The number of hydrogen-bond donors (Lipinski definition) is 1. The summed E-state index contributed by atoms with van der Waals surface area (Å²) in [7, 11) is 0. The van der Waals surface area contributed by atoms with Gasteiger partial charge < -0.3 is 5.21 Å². The van der Waals surface area contributed by atoms with E-state index in [-0.39, 0.29) is 5.71 Å². The minimum Gasteiger partial charge on any atom is -0.411 e. The fraction of sp³-hybridized carbons (Fsp3) is 0.222. The predicted molar refractivity (Wildman–Crippen MR) is 45.4 cm³/mol. The Labute approximate surface area is 78.7 Å². The highest BCUT2D eigenvalue weighted by Crippen LogP contribution is 2.29. The summed E-state index contributed by atoms with van der Waals surface area (Å²) in [6.45, 7) is 1.50. The van der Waals surface area contributed by atoms with Gasteiger partial charge in [-0.05, 0) is 24.6 Å². The van der Waals surface area contributed by atoms with E-state index >= 15 is 0 Å². The number of nitrogens with zero attached hydrogens (tertiary/aromatic N) is 1. The Balaban J connectivity index is 3.01. The fourth-order valence-corrected chi connectivity index (χ4v) is 0.958.